The molecule has 0 aromatic heterocycles. The fourth-order valence-electron chi connectivity index (χ4n) is 1.68. The molecule has 7 heteroatoms. The normalized spacial score (nSPS) is 10.7. The molecule has 0 aliphatic rings. The first-order valence-corrected chi connectivity index (χ1v) is 7.26. The topological polar surface area (TPSA) is 50.7 Å². The minimum Gasteiger partial charge on any atom is -0.496 e. The highest BCUT2D eigenvalue weighted by atomic mass is 35.5. The molecule has 2 aromatic rings. The van der Waals surface area contributed by atoms with Gasteiger partial charge in [0.2, 0.25) is 0 Å². The highest BCUT2D eigenvalue weighted by Crippen LogP contribution is 2.22. The van der Waals surface area contributed by atoms with E-state index in [0.29, 0.717) is 26.4 Å². The lowest BCUT2D eigenvalue weighted by atomic mass is 10.2. The van der Waals surface area contributed by atoms with Crippen LogP contribution in [0.3, 0.4) is 0 Å². The second kappa shape index (κ2) is 7.49. The lowest BCUT2D eigenvalue weighted by molar-refractivity contribution is 0.0952. The van der Waals surface area contributed by atoms with Crippen LogP contribution in [0.4, 0.5) is 0 Å². The zero-order chi connectivity index (χ0) is 16.1. The fourth-order valence-corrected chi connectivity index (χ4v) is 2.31. The number of nitrogens with one attached hydrogen (secondary N) is 1. The van der Waals surface area contributed by atoms with E-state index in [2.05, 4.69) is 10.5 Å². The van der Waals surface area contributed by atoms with Gasteiger partial charge in [0.1, 0.15) is 5.75 Å². The lowest BCUT2D eigenvalue weighted by Crippen LogP contribution is -2.18. The molecule has 0 aliphatic carbocycles. The van der Waals surface area contributed by atoms with Gasteiger partial charge in [0.05, 0.1) is 23.9 Å². The highest BCUT2D eigenvalue weighted by molar-refractivity contribution is 6.36. The van der Waals surface area contributed by atoms with Crippen LogP contribution in [0, 0.1) is 0 Å². The van der Waals surface area contributed by atoms with Crippen molar-refractivity contribution >= 4 is 46.9 Å². The molecule has 0 saturated carbocycles. The van der Waals surface area contributed by atoms with Gasteiger partial charge in [0.25, 0.3) is 5.91 Å². The summed E-state index contributed by atoms with van der Waals surface area (Å²) in [5, 5.41) is 5.25. The Kier molecular flexibility index (Phi) is 5.66. The average Bonchev–Trinajstić information content (AvgIpc) is 2.49. The molecule has 0 spiro atoms. The Hall–Kier alpha value is -1.75. The monoisotopic (exact) mass is 356 g/mol. The van der Waals surface area contributed by atoms with E-state index in [-0.39, 0.29) is 5.56 Å². The number of hydrazone groups is 1. The summed E-state index contributed by atoms with van der Waals surface area (Å²) in [6, 6.07) is 9.70. The van der Waals surface area contributed by atoms with Crippen molar-refractivity contribution in [2.24, 2.45) is 5.10 Å². The maximum Gasteiger partial charge on any atom is 0.275 e. The van der Waals surface area contributed by atoms with Gasteiger partial charge in [0.15, 0.2) is 0 Å². The highest BCUT2D eigenvalue weighted by Gasteiger charge is 2.12. The van der Waals surface area contributed by atoms with Gasteiger partial charge in [-0.05, 0) is 30.3 Å². The molecule has 0 bridgehead atoms. The maximum atomic E-state index is 12.1. The Morgan fingerprint density at radius 3 is 2.50 bits per heavy atom. The minimum absolute atomic E-state index is 0.286. The number of carbonyl (C=O) groups excluding carboxylic acids is 1. The van der Waals surface area contributed by atoms with Crippen molar-refractivity contribution in [3.05, 3.63) is 62.6 Å². The van der Waals surface area contributed by atoms with Gasteiger partial charge in [-0.15, -0.1) is 0 Å². The number of halogens is 3. The Labute approximate surface area is 142 Å². The van der Waals surface area contributed by atoms with Crippen LogP contribution in [0.15, 0.2) is 41.5 Å². The number of methoxy groups -OCH3 is 1. The van der Waals surface area contributed by atoms with Gasteiger partial charge in [-0.1, -0.05) is 40.9 Å². The predicted octanol–water partition coefficient (Wildman–Crippen LogP) is 4.42. The molecule has 4 nitrogen and oxygen atoms in total. The number of carbonyl (C=O) groups is 1. The molecule has 114 valence electrons. The third-order valence-electron chi connectivity index (χ3n) is 2.74. The summed E-state index contributed by atoms with van der Waals surface area (Å²) in [4.78, 5) is 12.1. The van der Waals surface area contributed by atoms with Gasteiger partial charge < -0.3 is 4.74 Å². The largest absolute Gasteiger partial charge is 0.496 e. The molecule has 0 unspecified atom stereocenters. The average molecular weight is 358 g/mol. The Morgan fingerprint density at radius 2 is 1.82 bits per heavy atom. The van der Waals surface area contributed by atoms with E-state index in [9.17, 15) is 4.79 Å². The smallest absolute Gasteiger partial charge is 0.275 e. The number of hydrogen-bond donors (Lipinski definition) is 1. The second-order valence-electron chi connectivity index (χ2n) is 4.21. The van der Waals surface area contributed by atoms with Gasteiger partial charge in [-0.3, -0.25) is 4.79 Å². The van der Waals surface area contributed by atoms with Crippen LogP contribution >= 0.6 is 34.8 Å². The van der Waals surface area contributed by atoms with E-state index in [4.69, 9.17) is 39.5 Å². The van der Waals surface area contributed by atoms with Gasteiger partial charge in [-0.2, -0.15) is 5.10 Å². The third-order valence-corrected chi connectivity index (χ3v) is 3.54. The molecular weight excluding hydrogens is 347 g/mol. The zero-order valence-electron chi connectivity index (χ0n) is 11.4. The summed E-state index contributed by atoms with van der Waals surface area (Å²) >= 11 is 17.7. The molecule has 0 saturated heterocycles. The minimum atomic E-state index is -0.444. The molecular formula is C15H11Cl3N2O2. The van der Waals surface area contributed by atoms with Gasteiger partial charge in [-0.25, -0.2) is 5.43 Å². The van der Waals surface area contributed by atoms with Crippen molar-refractivity contribution in [2.75, 3.05) is 7.11 Å². The van der Waals surface area contributed by atoms with Crippen LogP contribution in [0.1, 0.15) is 15.9 Å². The first-order chi connectivity index (χ1) is 10.5. The van der Waals surface area contributed by atoms with Crippen molar-refractivity contribution in [1.82, 2.24) is 5.43 Å². The Bertz CT molecular complexity index is 733. The molecule has 1 amide bonds. The number of ether oxygens (including phenoxy) is 1. The van der Waals surface area contributed by atoms with Crippen molar-refractivity contribution in [2.45, 2.75) is 0 Å². The first-order valence-electron chi connectivity index (χ1n) is 6.13. The van der Waals surface area contributed by atoms with Gasteiger partial charge in [0, 0.05) is 15.6 Å². The SMILES string of the molecule is COc1ccc(Cl)cc1C(=O)NN=Cc1ccc(Cl)cc1Cl. The van der Waals surface area contributed by atoms with E-state index in [0.717, 1.165) is 0 Å². The molecule has 2 rings (SSSR count). The van der Waals surface area contributed by atoms with E-state index < -0.39 is 5.91 Å². The molecule has 0 atom stereocenters. The number of benzene rings is 2. The fraction of sp³-hybridized carbons (Fsp3) is 0.0667. The summed E-state index contributed by atoms with van der Waals surface area (Å²) in [6.45, 7) is 0. The quantitative estimate of drug-likeness (QED) is 0.650. The van der Waals surface area contributed by atoms with Crippen LogP contribution in [0.2, 0.25) is 15.1 Å². The van der Waals surface area contributed by atoms with E-state index >= 15 is 0 Å². The maximum absolute atomic E-state index is 12.1. The Morgan fingerprint density at radius 1 is 1.14 bits per heavy atom. The van der Waals surface area contributed by atoms with Crippen molar-refractivity contribution in [3.63, 3.8) is 0 Å². The standard InChI is InChI=1S/C15H11Cl3N2O2/c1-22-14-5-4-10(16)6-12(14)15(21)20-19-8-9-2-3-11(17)7-13(9)18/h2-8H,1H3,(H,20,21). The summed E-state index contributed by atoms with van der Waals surface area (Å²) in [5.74, 6) is -0.0395. The first kappa shape index (κ1) is 16.6. The van der Waals surface area contributed by atoms with E-state index in [1.165, 1.54) is 19.4 Å². The number of amides is 1. The van der Waals surface area contributed by atoms with Crippen molar-refractivity contribution in [3.8, 4) is 5.75 Å². The van der Waals surface area contributed by atoms with E-state index in [1.807, 2.05) is 0 Å². The third kappa shape index (κ3) is 4.13. The Balaban J connectivity index is 2.13. The van der Waals surface area contributed by atoms with Gasteiger partial charge >= 0.3 is 0 Å². The molecule has 0 radical (unpaired) electrons. The summed E-state index contributed by atoms with van der Waals surface area (Å²) < 4.78 is 5.11. The molecule has 1 N–H and O–H groups in total. The summed E-state index contributed by atoms with van der Waals surface area (Å²) in [5.41, 5.74) is 3.31. The molecule has 0 aliphatic heterocycles. The predicted molar refractivity (Wildman–Crippen MR) is 89.5 cm³/mol. The second-order valence-corrected chi connectivity index (χ2v) is 5.49. The number of rotatable bonds is 4. The molecule has 0 heterocycles. The van der Waals surface area contributed by atoms with Crippen molar-refractivity contribution in [1.29, 1.82) is 0 Å². The van der Waals surface area contributed by atoms with Crippen LogP contribution in [-0.4, -0.2) is 19.2 Å². The van der Waals surface area contributed by atoms with Crippen LogP contribution in [0.5, 0.6) is 5.75 Å². The van der Waals surface area contributed by atoms with Crippen molar-refractivity contribution < 1.29 is 9.53 Å². The summed E-state index contributed by atoms with van der Waals surface area (Å²) in [6.07, 6.45) is 1.42. The van der Waals surface area contributed by atoms with Crippen LogP contribution < -0.4 is 10.2 Å². The molecule has 0 fully saturated rings. The zero-order valence-corrected chi connectivity index (χ0v) is 13.7. The number of hydrogen-bond acceptors (Lipinski definition) is 3. The molecule has 2 aromatic carbocycles. The van der Waals surface area contributed by atoms with Crippen LogP contribution in [0.25, 0.3) is 0 Å². The lowest BCUT2D eigenvalue weighted by Gasteiger charge is -2.07. The van der Waals surface area contributed by atoms with E-state index in [1.54, 1.807) is 30.3 Å². The summed E-state index contributed by atoms with van der Waals surface area (Å²) in [7, 11) is 1.47. The van der Waals surface area contributed by atoms with Crippen LogP contribution in [-0.2, 0) is 0 Å². The molecule has 22 heavy (non-hydrogen) atoms. The number of nitrogens with zero attached hydrogens (tertiary/aromatic N) is 1.